The van der Waals surface area contributed by atoms with E-state index in [1.165, 1.54) is 12.1 Å². The van der Waals surface area contributed by atoms with Gasteiger partial charge in [0.2, 0.25) is 10.0 Å². The van der Waals surface area contributed by atoms with Gasteiger partial charge in [0.1, 0.15) is 0 Å². The fourth-order valence-electron chi connectivity index (χ4n) is 1.96. The zero-order chi connectivity index (χ0) is 15.5. The summed E-state index contributed by atoms with van der Waals surface area (Å²) in [4.78, 5) is 4.70. The molecule has 0 aliphatic carbocycles. The quantitative estimate of drug-likeness (QED) is 0.879. The number of primary sulfonamides is 1. The lowest BCUT2D eigenvalue weighted by Crippen LogP contribution is -2.41. The molecule has 0 amide bonds. The molecule has 0 aromatic heterocycles. The fraction of sp³-hybridized carbons (Fsp3) is 0.500. The summed E-state index contributed by atoms with van der Waals surface area (Å²) in [5, 5.41) is 9.47. The van der Waals surface area contributed by atoms with E-state index in [1.807, 2.05) is 0 Å². The molecule has 7 heteroatoms. The summed E-state index contributed by atoms with van der Waals surface area (Å²) >= 11 is 1.76. The highest BCUT2D eigenvalue weighted by Gasteiger charge is 2.20. The van der Waals surface area contributed by atoms with Gasteiger partial charge in [-0.25, -0.2) is 13.6 Å². The number of thioether (sulfide) groups is 1. The molecule has 116 valence electrons. The molecule has 3 N–H and O–H groups in total. The molecule has 0 saturated carbocycles. The standard InChI is InChI=1S/C14H21N3O2S2/c1-10-9-20-14(17-11(10)2)16-8-7-12-3-5-13(6-4-12)21(15,18)19/h3-6,10-11H,7-9H2,1-2H3,(H,16,17)(H2,15,18,19). The predicted octanol–water partition coefficient (Wildman–Crippen LogP) is 1.59. The minimum atomic E-state index is -3.61. The molecule has 2 atom stereocenters. The molecule has 1 aliphatic heterocycles. The van der Waals surface area contributed by atoms with Gasteiger partial charge in [0.25, 0.3) is 0 Å². The van der Waals surface area contributed by atoms with Crippen molar-refractivity contribution >= 4 is 27.0 Å². The molecule has 1 aromatic carbocycles. The topological polar surface area (TPSA) is 84.5 Å². The van der Waals surface area contributed by atoms with Crippen molar-refractivity contribution in [1.82, 2.24) is 5.32 Å². The first-order valence-corrected chi connectivity index (χ1v) is 9.45. The number of nitrogens with zero attached hydrogens (tertiary/aromatic N) is 1. The summed E-state index contributed by atoms with van der Waals surface area (Å²) in [6.45, 7) is 5.09. The van der Waals surface area contributed by atoms with Crippen LogP contribution in [0.25, 0.3) is 0 Å². The van der Waals surface area contributed by atoms with Gasteiger partial charge in [-0.15, -0.1) is 0 Å². The number of nitrogens with two attached hydrogens (primary N) is 1. The van der Waals surface area contributed by atoms with Crippen LogP contribution in [-0.4, -0.2) is 31.9 Å². The van der Waals surface area contributed by atoms with E-state index in [1.54, 1.807) is 23.9 Å². The van der Waals surface area contributed by atoms with E-state index in [2.05, 4.69) is 24.2 Å². The summed E-state index contributed by atoms with van der Waals surface area (Å²) in [6.07, 6.45) is 0.778. The van der Waals surface area contributed by atoms with Crippen molar-refractivity contribution in [1.29, 1.82) is 0 Å². The van der Waals surface area contributed by atoms with Crippen molar-refractivity contribution < 1.29 is 8.42 Å². The number of hydrogen-bond donors (Lipinski definition) is 2. The number of sulfonamides is 1. The normalized spacial score (nSPS) is 24.8. The van der Waals surface area contributed by atoms with Gasteiger partial charge in [-0.3, -0.25) is 4.99 Å². The van der Waals surface area contributed by atoms with E-state index in [4.69, 9.17) is 5.14 Å². The lowest BCUT2D eigenvalue weighted by atomic mass is 10.1. The second kappa shape index (κ2) is 6.81. The Kier molecular flexibility index (Phi) is 5.29. The maximum Gasteiger partial charge on any atom is 0.238 e. The van der Waals surface area contributed by atoms with Crippen LogP contribution in [0.3, 0.4) is 0 Å². The maximum atomic E-state index is 11.2. The van der Waals surface area contributed by atoms with Crippen LogP contribution in [0.5, 0.6) is 0 Å². The molecule has 1 fully saturated rings. The van der Waals surface area contributed by atoms with Crippen LogP contribution in [0, 0.1) is 5.92 Å². The van der Waals surface area contributed by atoms with Gasteiger partial charge in [-0.1, -0.05) is 30.8 Å². The van der Waals surface area contributed by atoms with E-state index in [-0.39, 0.29) is 4.90 Å². The van der Waals surface area contributed by atoms with Gasteiger partial charge < -0.3 is 5.32 Å². The van der Waals surface area contributed by atoms with Crippen molar-refractivity contribution in [3.8, 4) is 0 Å². The van der Waals surface area contributed by atoms with E-state index in [0.29, 0.717) is 18.5 Å². The van der Waals surface area contributed by atoms with Crippen LogP contribution in [0.4, 0.5) is 0 Å². The van der Waals surface area contributed by atoms with Gasteiger partial charge >= 0.3 is 0 Å². The Hall–Kier alpha value is -1.05. The monoisotopic (exact) mass is 327 g/mol. The Morgan fingerprint density at radius 1 is 1.33 bits per heavy atom. The molecular formula is C14H21N3O2S2. The van der Waals surface area contributed by atoms with Crippen molar-refractivity contribution in [3.05, 3.63) is 29.8 Å². The highest BCUT2D eigenvalue weighted by Crippen LogP contribution is 2.19. The predicted molar refractivity (Wildman–Crippen MR) is 88.0 cm³/mol. The summed E-state index contributed by atoms with van der Waals surface area (Å²) in [7, 11) is -3.61. The van der Waals surface area contributed by atoms with Gasteiger partial charge in [-0.2, -0.15) is 0 Å². The largest absolute Gasteiger partial charge is 0.362 e. The molecule has 1 aliphatic rings. The summed E-state index contributed by atoms with van der Waals surface area (Å²) in [6, 6.07) is 7.10. The van der Waals surface area contributed by atoms with Crippen LogP contribution in [-0.2, 0) is 16.4 Å². The van der Waals surface area contributed by atoms with Crippen molar-refractivity contribution in [2.75, 3.05) is 12.3 Å². The molecule has 0 spiro atoms. The molecule has 2 unspecified atom stereocenters. The average Bonchev–Trinajstić information content (AvgIpc) is 2.42. The van der Waals surface area contributed by atoms with E-state index < -0.39 is 10.0 Å². The smallest absolute Gasteiger partial charge is 0.238 e. The van der Waals surface area contributed by atoms with Gasteiger partial charge in [-0.05, 0) is 37.0 Å². The van der Waals surface area contributed by atoms with Crippen LogP contribution in [0.15, 0.2) is 34.2 Å². The number of rotatable bonds is 4. The molecular weight excluding hydrogens is 306 g/mol. The Bertz CT molecular complexity index is 612. The highest BCUT2D eigenvalue weighted by molar-refractivity contribution is 8.13. The van der Waals surface area contributed by atoms with E-state index in [9.17, 15) is 8.42 Å². The summed E-state index contributed by atoms with van der Waals surface area (Å²) in [5.41, 5.74) is 1.05. The van der Waals surface area contributed by atoms with Crippen LogP contribution < -0.4 is 10.5 Å². The second-order valence-electron chi connectivity index (χ2n) is 5.35. The third kappa shape index (κ3) is 4.72. The highest BCUT2D eigenvalue weighted by atomic mass is 32.2. The maximum absolute atomic E-state index is 11.2. The Morgan fingerprint density at radius 2 is 2.00 bits per heavy atom. The minimum absolute atomic E-state index is 0.143. The number of aliphatic imine (C=N–C) groups is 1. The third-order valence-corrected chi connectivity index (χ3v) is 5.74. The fourth-order valence-corrected chi connectivity index (χ4v) is 3.63. The zero-order valence-corrected chi connectivity index (χ0v) is 13.9. The lowest BCUT2D eigenvalue weighted by molar-refractivity contribution is 0.490. The Labute approximate surface area is 130 Å². The second-order valence-corrected chi connectivity index (χ2v) is 7.92. The Morgan fingerprint density at radius 3 is 2.57 bits per heavy atom. The molecule has 0 bridgehead atoms. The first kappa shape index (κ1) is 16.3. The summed E-state index contributed by atoms with van der Waals surface area (Å²) < 4.78 is 22.3. The van der Waals surface area contributed by atoms with Crippen molar-refractivity contribution in [2.24, 2.45) is 16.0 Å². The van der Waals surface area contributed by atoms with Gasteiger partial charge in [0.15, 0.2) is 5.17 Å². The SMILES string of the molecule is CC1CSC(=NCCc2ccc(S(N)(=O)=O)cc2)NC1C. The summed E-state index contributed by atoms with van der Waals surface area (Å²) in [5.74, 6) is 1.75. The molecule has 21 heavy (non-hydrogen) atoms. The molecule has 5 nitrogen and oxygen atoms in total. The van der Waals surface area contributed by atoms with Crippen LogP contribution in [0.1, 0.15) is 19.4 Å². The number of nitrogens with one attached hydrogen (secondary N) is 1. The average molecular weight is 327 g/mol. The number of amidine groups is 1. The first-order chi connectivity index (χ1) is 9.86. The first-order valence-electron chi connectivity index (χ1n) is 6.92. The van der Waals surface area contributed by atoms with Crippen LogP contribution in [0.2, 0.25) is 0 Å². The number of hydrogen-bond acceptors (Lipinski definition) is 4. The van der Waals surface area contributed by atoms with E-state index >= 15 is 0 Å². The Balaban J connectivity index is 1.89. The van der Waals surface area contributed by atoms with Gasteiger partial charge in [0.05, 0.1) is 4.90 Å². The molecule has 1 aromatic rings. The molecule has 1 saturated heterocycles. The molecule has 0 radical (unpaired) electrons. The number of benzene rings is 1. The van der Waals surface area contributed by atoms with Gasteiger partial charge in [0, 0.05) is 18.3 Å². The van der Waals surface area contributed by atoms with Crippen LogP contribution >= 0.6 is 11.8 Å². The lowest BCUT2D eigenvalue weighted by Gasteiger charge is -2.28. The third-order valence-electron chi connectivity index (χ3n) is 3.60. The van der Waals surface area contributed by atoms with Crippen molar-refractivity contribution in [3.63, 3.8) is 0 Å². The zero-order valence-electron chi connectivity index (χ0n) is 12.2. The molecule has 1 heterocycles. The van der Waals surface area contributed by atoms with E-state index in [0.717, 1.165) is 22.9 Å². The minimum Gasteiger partial charge on any atom is -0.362 e. The van der Waals surface area contributed by atoms with Crippen molar-refractivity contribution in [2.45, 2.75) is 31.2 Å². The molecule has 2 rings (SSSR count).